The maximum atomic E-state index is 12.5. The normalized spacial score (nSPS) is 18.0. The fourth-order valence-corrected chi connectivity index (χ4v) is 3.61. The largest absolute Gasteiger partial charge is 0.497 e. The molecule has 1 atom stereocenters. The van der Waals surface area contributed by atoms with Gasteiger partial charge in [-0.05, 0) is 48.0 Å². The Balaban J connectivity index is 1.64. The van der Waals surface area contributed by atoms with Gasteiger partial charge < -0.3 is 15.4 Å². The summed E-state index contributed by atoms with van der Waals surface area (Å²) in [7, 11) is 1.59. The summed E-state index contributed by atoms with van der Waals surface area (Å²) < 4.78 is 5.10. The number of halogens is 2. The van der Waals surface area contributed by atoms with Crippen molar-refractivity contribution in [3.63, 3.8) is 0 Å². The van der Waals surface area contributed by atoms with Crippen molar-refractivity contribution in [2.24, 2.45) is 10.2 Å². The highest BCUT2D eigenvalue weighted by Gasteiger charge is 2.30. The summed E-state index contributed by atoms with van der Waals surface area (Å²) in [6.07, 6.45) is 1.57. The molecule has 7 nitrogen and oxygen atoms in total. The zero-order chi connectivity index (χ0) is 20.8. The highest BCUT2D eigenvalue weighted by atomic mass is 35.5. The molecule has 0 aliphatic carbocycles. The van der Waals surface area contributed by atoms with Crippen molar-refractivity contribution in [2.75, 3.05) is 12.4 Å². The monoisotopic (exact) mass is 450 g/mol. The molecule has 1 aliphatic heterocycles. The van der Waals surface area contributed by atoms with E-state index >= 15 is 0 Å². The lowest BCUT2D eigenvalue weighted by Gasteiger charge is -2.21. The Morgan fingerprint density at radius 2 is 2.00 bits per heavy atom. The fraction of sp³-hybridized carbons (Fsp3) is 0.158. The van der Waals surface area contributed by atoms with Crippen molar-refractivity contribution in [3.05, 3.63) is 58.1 Å². The van der Waals surface area contributed by atoms with E-state index in [1.54, 1.807) is 43.7 Å². The SMILES string of the molecule is COc1ccc(/C=N\N=C2NC(=O)C[C@H](C(=O)Nc3ccc(Cl)c(Cl)c3)S2)cc1. The van der Waals surface area contributed by atoms with Crippen LogP contribution in [0.15, 0.2) is 52.7 Å². The molecular formula is C19H16Cl2N4O3S. The van der Waals surface area contributed by atoms with Gasteiger partial charge in [0.05, 0.1) is 23.4 Å². The van der Waals surface area contributed by atoms with E-state index < -0.39 is 5.25 Å². The summed E-state index contributed by atoms with van der Waals surface area (Å²) in [5.74, 6) is 0.0888. The van der Waals surface area contributed by atoms with Crippen LogP contribution in [0.1, 0.15) is 12.0 Å². The third kappa shape index (κ3) is 5.96. The van der Waals surface area contributed by atoms with Crippen molar-refractivity contribution >= 4 is 63.8 Å². The molecule has 0 saturated carbocycles. The Bertz CT molecular complexity index is 980. The third-order valence-corrected chi connectivity index (χ3v) is 5.63. The van der Waals surface area contributed by atoms with Gasteiger partial charge in [-0.2, -0.15) is 5.10 Å². The Morgan fingerprint density at radius 1 is 1.24 bits per heavy atom. The summed E-state index contributed by atoms with van der Waals surface area (Å²) >= 11 is 13.0. The lowest BCUT2D eigenvalue weighted by Crippen LogP contribution is -2.41. The number of anilines is 1. The third-order valence-electron chi connectivity index (χ3n) is 3.82. The standard InChI is InChI=1S/C19H16Cl2N4O3S/c1-28-13-5-2-11(3-6-13)10-22-25-19-24-17(26)9-16(29-19)18(27)23-12-4-7-14(20)15(21)8-12/h2-8,10,16H,9H2,1H3,(H,23,27)(H,24,25,26)/b22-10-/t16-/m1/s1. The van der Waals surface area contributed by atoms with Crippen LogP contribution < -0.4 is 15.4 Å². The number of nitrogens with zero attached hydrogens (tertiary/aromatic N) is 2. The van der Waals surface area contributed by atoms with E-state index in [9.17, 15) is 9.59 Å². The predicted octanol–water partition coefficient (Wildman–Crippen LogP) is 3.95. The zero-order valence-corrected chi connectivity index (χ0v) is 17.5. The first-order chi connectivity index (χ1) is 13.9. The molecule has 10 heteroatoms. The number of thioether (sulfide) groups is 1. The van der Waals surface area contributed by atoms with Gasteiger partial charge in [0.25, 0.3) is 0 Å². The van der Waals surface area contributed by atoms with Crippen molar-refractivity contribution in [3.8, 4) is 5.75 Å². The van der Waals surface area contributed by atoms with E-state index in [0.717, 1.165) is 23.1 Å². The minimum atomic E-state index is -0.645. The second kappa shape index (κ2) is 9.78. The van der Waals surface area contributed by atoms with Crippen LogP contribution in [-0.4, -0.2) is 35.6 Å². The molecule has 2 amide bonds. The Morgan fingerprint density at radius 3 is 2.69 bits per heavy atom. The maximum Gasteiger partial charge on any atom is 0.238 e. The molecule has 1 heterocycles. The topological polar surface area (TPSA) is 92.2 Å². The summed E-state index contributed by atoms with van der Waals surface area (Å²) in [6, 6.07) is 12.0. The van der Waals surface area contributed by atoms with Crippen LogP contribution in [0.25, 0.3) is 0 Å². The number of rotatable bonds is 5. The van der Waals surface area contributed by atoms with Crippen molar-refractivity contribution in [2.45, 2.75) is 11.7 Å². The van der Waals surface area contributed by atoms with Crippen LogP contribution in [0, 0.1) is 0 Å². The Kier molecular flexibility index (Phi) is 7.13. The molecule has 0 aromatic heterocycles. The average molecular weight is 451 g/mol. The maximum absolute atomic E-state index is 12.5. The molecule has 1 saturated heterocycles. The summed E-state index contributed by atoms with van der Waals surface area (Å²) in [4.78, 5) is 24.5. The lowest BCUT2D eigenvalue weighted by atomic mass is 10.2. The van der Waals surface area contributed by atoms with Crippen molar-refractivity contribution < 1.29 is 14.3 Å². The lowest BCUT2D eigenvalue weighted by molar-refractivity contribution is -0.123. The van der Waals surface area contributed by atoms with Crippen LogP contribution in [-0.2, 0) is 9.59 Å². The van der Waals surface area contributed by atoms with Gasteiger partial charge in [0.2, 0.25) is 11.8 Å². The van der Waals surface area contributed by atoms with E-state index in [4.69, 9.17) is 27.9 Å². The molecule has 0 radical (unpaired) electrons. The predicted molar refractivity (Wildman–Crippen MR) is 117 cm³/mol. The number of hydrogen-bond donors (Lipinski definition) is 2. The molecule has 150 valence electrons. The van der Waals surface area contributed by atoms with Crippen LogP contribution in [0.2, 0.25) is 10.0 Å². The number of nitrogens with one attached hydrogen (secondary N) is 2. The second-order valence-electron chi connectivity index (χ2n) is 5.90. The molecule has 29 heavy (non-hydrogen) atoms. The van der Waals surface area contributed by atoms with Gasteiger partial charge in [0, 0.05) is 12.1 Å². The number of methoxy groups -OCH3 is 1. The quantitative estimate of drug-likeness (QED) is 0.532. The molecular weight excluding hydrogens is 435 g/mol. The van der Waals surface area contributed by atoms with E-state index in [1.807, 2.05) is 12.1 Å². The van der Waals surface area contributed by atoms with Gasteiger partial charge in [-0.15, -0.1) is 5.10 Å². The molecule has 2 aromatic carbocycles. The smallest absolute Gasteiger partial charge is 0.238 e. The number of hydrogen-bond acceptors (Lipinski definition) is 6. The summed E-state index contributed by atoms with van der Waals surface area (Å²) in [5.41, 5.74) is 1.31. The van der Waals surface area contributed by atoms with Crippen LogP contribution >= 0.6 is 35.0 Å². The van der Waals surface area contributed by atoms with Crippen LogP contribution in [0.4, 0.5) is 5.69 Å². The number of benzene rings is 2. The van der Waals surface area contributed by atoms with Crippen LogP contribution in [0.3, 0.4) is 0 Å². The molecule has 0 spiro atoms. The van der Waals surface area contributed by atoms with Gasteiger partial charge in [0.1, 0.15) is 11.0 Å². The summed E-state index contributed by atoms with van der Waals surface area (Å²) in [5, 5.41) is 13.6. The number of ether oxygens (including phenoxy) is 1. The fourth-order valence-electron chi connectivity index (χ4n) is 2.37. The van der Waals surface area contributed by atoms with E-state index in [2.05, 4.69) is 20.8 Å². The molecule has 2 aromatic rings. The van der Waals surface area contributed by atoms with Crippen LogP contribution in [0.5, 0.6) is 5.75 Å². The highest BCUT2D eigenvalue weighted by Crippen LogP contribution is 2.27. The number of amides is 2. The molecule has 1 aliphatic rings. The Hall–Kier alpha value is -2.55. The minimum Gasteiger partial charge on any atom is -0.497 e. The van der Waals surface area contributed by atoms with Gasteiger partial charge in [0.15, 0.2) is 5.17 Å². The molecule has 0 bridgehead atoms. The van der Waals surface area contributed by atoms with E-state index in [1.165, 1.54) is 0 Å². The first-order valence-corrected chi connectivity index (χ1v) is 10.1. The summed E-state index contributed by atoms with van der Waals surface area (Å²) in [6.45, 7) is 0. The Labute approximate surface area is 181 Å². The first-order valence-electron chi connectivity index (χ1n) is 8.42. The number of carbonyl (C=O) groups excluding carboxylic acids is 2. The first kappa shape index (κ1) is 21.2. The van der Waals surface area contributed by atoms with Gasteiger partial charge >= 0.3 is 0 Å². The molecule has 3 rings (SSSR count). The minimum absolute atomic E-state index is 0.0268. The molecule has 1 fully saturated rings. The molecule has 2 N–H and O–H groups in total. The zero-order valence-electron chi connectivity index (χ0n) is 15.2. The van der Waals surface area contributed by atoms with Crippen molar-refractivity contribution in [1.82, 2.24) is 5.32 Å². The van der Waals surface area contributed by atoms with Crippen molar-refractivity contribution in [1.29, 1.82) is 0 Å². The highest BCUT2D eigenvalue weighted by molar-refractivity contribution is 8.15. The van der Waals surface area contributed by atoms with E-state index in [0.29, 0.717) is 15.7 Å². The van der Waals surface area contributed by atoms with Gasteiger partial charge in [-0.3, -0.25) is 9.59 Å². The number of amidine groups is 1. The van der Waals surface area contributed by atoms with E-state index in [-0.39, 0.29) is 23.4 Å². The second-order valence-corrected chi connectivity index (χ2v) is 7.91. The molecule has 0 unspecified atom stereocenters. The van der Waals surface area contributed by atoms with Gasteiger partial charge in [-0.25, -0.2) is 0 Å². The van der Waals surface area contributed by atoms with Gasteiger partial charge in [-0.1, -0.05) is 35.0 Å². The number of carbonyl (C=O) groups is 2. The average Bonchev–Trinajstić information content (AvgIpc) is 2.71.